The molecule has 0 aromatic heterocycles. The van der Waals surface area contributed by atoms with Crippen LogP contribution in [0.2, 0.25) is 0 Å². The van der Waals surface area contributed by atoms with E-state index in [-0.39, 0.29) is 12.1 Å². The third kappa shape index (κ3) is 5.45. The Bertz CT molecular complexity index is 1060. The lowest BCUT2D eigenvalue weighted by Crippen LogP contribution is -2.43. The molecule has 1 aliphatic heterocycles. The SMILES string of the molecule is Cc1ccc2c(c1)N(c1ccc(N)cc1)C(=O)N(C1CCCCCCCCC1)N=C2C1CCCCC1. The third-order valence-electron chi connectivity index (χ3n) is 8.34. The zero-order chi connectivity index (χ0) is 24.9. The molecule has 5 heteroatoms. The van der Waals surface area contributed by atoms with Gasteiger partial charge in [0.1, 0.15) is 0 Å². The van der Waals surface area contributed by atoms with Crippen LogP contribution >= 0.6 is 0 Å². The summed E-state index contributed by atoms with van der Waals surface area (Å²) in [6.07, 6.45) is 16.9. The lowest BCUT2D eigenvalue weighted by Gasteiger charge is -2.32. The summed E-state index contributed by atoms with van der Waals surface area (Å²) < 4.78 is 0. The predicted octanol–water partition coefficient (Wildman–Crippen LogP) is 8.33. The Morgan fingerprint density at radius 2 is 1.36 bits per heavy atom. The fourth-order valence-corrected chi connectivity index (χ4v) is 6.28. The van der Waals surface area contributed by atoms with Gasteiger partial charge in [0.15, 0.2) is 0 Å². The van der Waals surface area contributed by atoms with Gasteiger partial charge in [0, 0.05) is 17.2 Å². The van der Waals surface area contributed by atoms with E-state index in [2.05, 4.69) is 25.1 Å². The molecule has 2 aromatic carbocycles. The van der Waals surface area contributed by atoms with Crippen molar-refractivity contribution in [3.05, 3.63) is 53.6 Å². The zero-order valence-electron chi connectivity index (χ0n) is 21.9. The first-order valence-corrected chi connectivity index (χ1v) is 14.3. The normalized spacial score (nSPS) is 21.0. The van der Waals surface area contributed by atoms with E-state index < -0.39 is 0 Å². The van der Waals surface area contributed by atoms with E-state index >= 15 is 0 Å². The number of fused-ring (bicyclic) bond motifs is 1. The van der Waals surface area contributed by atoms with E-state index in [4.69, 9.17) is 10.8 Å². The van der Waals surface area contributed by atoms with Gasteiger partial charge in [-0.3, -0.25) is 4.90 Å². The number of anilines is 3. The highest BCUT2D eigenvalue weighted by molar-refractivity contribution is 6.14. The van der Waals surface area contributed by atoms with E-state index in [1.807, 2.05) is 34.2 Å². The number of carbonyl (C=O) groups is 1. The first-order chi connectivity index (χ1) is 17.6. The van der Waals surface area contributed by atoms with E-state index in [0.29, 0.717) is 11.6 Å². The number of carbonyl (C=O) groups excluding carboxylic acids is 1. The van der Waals surface area contributed by atoms with Crippen LogP contribution in [0.3, 0.4) is 0 Å². The Kier molecular flexibility index (Phi) is 7.93. The summed E-state index contributed by atoms with van der Waals surface area (Å²) in [5.41, 5.74) is 11.9. The number of nitrogens with two attached hydrogens (primary N) is 1. The first kappa shape index (κ1) is 24.9. The molecule has 36 heavy (non-hydrogen) atoms. The second-order valence-electron chi connectivity index (χ2n) is 11.1. The van der Waals surface area contributed by atoms with Gasteiger partial charge in [0.25, 0.3) is 0 Å². The molecule has 2 fully saturated rings. The van der Waals surface area contributed by atoms with Crippen molar-refractivity contribution in [2.24, 2.45) is 11.0 Å². The molecule has 2 N–H and O–H groups in total. The molecule has 2 aliphatic carbocycles. The Morgan fingerprint density at radius 3 is 2.03 bits per heavy atom. The summed E-state index contributed by atoms with van der Waals surface area (Å²) in [5, 5.41) is 7.23. The van der Waals surface area contributed by atoms with Gasteiger partial charge >= 0.3 is 6.03 Å². The zero-order valence-corrected chi connectivity index (χ0v) is 21.9. The number of aryl methyl sites for hydroxylation is 1. The summed E-state index contributed by atoms with van der Waals surface area (Å²) in [5.74, 6) is 0.404. The van der Waals surface area contributed by atoms with Crippen molar-refractivity contribution < 1.29 is 4.79 Å². The Labute approximate surface area is 216 Å². The molecule has 0 radical (unpaired) electrons. The number of hydrogen-bond donors (Lipinski definition) is 1. The Morgan fingerprint density at radius 1 is 0.778 bits per heavy atom. The van der Waals surface area contributed by atoms with Crippen molar-refractivity contribution in [3.63, 3.8) is 0 Å². The van der Waals surface area contributed by atoms with Gasteiger partial charge in [-0.15, -0.1) is 0 Å². The lowest BCUT2D eigenvalue weighted by atomic mass is 9.82. The fourth-order valence-electron chi connectivity index (χ4n) is 6.28. The van der Waals surface area contributed by atoms with Crippen LogP contribution in [0.4, 0.5) is 21.9 Å². The van der Waals surface area contributed by atoms with Crippen molar-refractivity contribution in [1.29, 1.82) is 0 Å². The number of nitrogens with zero attached hydrogens (tertiary/aromatic N) is 3. The second kappa shape index (κ2) is 11.5. The number of urea groups is 1. The molecule has 0 atom stereocenters. The summed E-state index contributed by atoms with van der Waals surface area (Å²) in [7, 11) is 0. The third-order valence-corrected chi connectivity index (χ3v) is 8.34. The number of hydrogen-bond acceptors (Lipinski definition) is 3. The topological polar surface area (TPSA) is 61.9 Å². The monoisotopic (exact) mass is 486 g/mol. The quantitative estimate of drug-likeness (QED) is 0.443. The van der Waals surface area contributed by atoms with E-state index in [1.165, 1.54) is 51.4 Å². The summed E-state index contributed by atoms with van der Waals surface area (Å²) >= 11 is 0. The largest absolute Gasteiger partial charge is 0.399 e. The Hall–Kier alpha value is -2.82. The summed E-state index contributed by atoms with van der Waals surface area (Å²) in [4.78, 5) is 16.4. The predicted molar refractivity (Wildman–Crippen MR) is 150 cm³/mol. The minimum Gasteiger partial charge on any atom is -0.399 e. The molecule has 0 saturated heterocycles. The smallest absolute Gasteiger partial charge is 0.349 e. The second-order valence-corrected chi connectivity index (χ2v) is 11.1. The molecule has 2 aromatic rings. The van der Waals surface area contributed by atoms with Gasteiger partial charge in [-0.2, -0.15) is 5.10 Å². The standard InChI is InChI=1S/C31H42N4O/c1-23-16-21-28-29(22-23)34(26-19-17-25(32)18-20-26)31(36)35(33-30(28)24-12-8-7-9-13-24)27-14-10-5-3-2-4-6-11-15-27/h16-22,24,27H,2-15,32H2,1H3. The van der Waals surface area contributed by atoms with Crippen LogP contribution in [-0.2, 0) is 0 Å². The van der Waals surface area contributed by atoms with Crippen LogP contribution in [-0.4, -0.2) is 22.8 Å². The first-order valence-electron chi connectivity index (χ1n) is 14.3. The maximum atomic E-state index is 14.5. The molecule has 0 unspecified atom stereocenters. The molecule has 5 rings (SSSR count). The van der Waals surface area contributed by atoms with Crippen LogP contribution in [0.5, 0.6) is 0 Å². The number of nitrogen functional groups attached to an aromatic ring is 1. The van der Waals surface area contributed by atoms with E-state index in [1.54, 1.807) is 0 Å². The highest BCUT2D eigenvalue weighted by atomic mass is 16.2. The molecular formula is C31H42N4O. The average Bonchev–Trinajstić information content (AvgIpc) is 3.02. The van der Waals surface area contributed by atoms with E-state index in [9.17, 15) is 4.79 Å². The summed E-state index contributed by atoms with van der Waals surface area (Å²) in [6, 6.07) is 14.4. The minimum atomic E-state index is -0.0282. The lowest BCUT2D eigenvalue weighted by molar-refractivity contribution is 0.174. The van der Waals surface area contributed by atoms with Crippen LogP contribution in [0.25, 0.3) is 0 Å². The Balaban J connectivity index is 1.62. The number of rotatable bonds is 3. The van der Waals surface area contributed by atoms with Gasteiger partial charge in [0.2, 0.25) is 0 Å². The molecule has 2 saturated carbocycles. The van der Waals surface area contributed by atoms with Crippen molar-refractivity contribution in [2.75, 3.05) is 10.6 Å². The molecule has 3 aliphatic rings. The van der Waals surface area contributed by atoms with Gasteiger partial charge in [-0.05, 0) is 68.5 Å². The molecular weight excluding hydrogens is 444 g/mol. The molecule has 5 nitrogen and oxygen atoms in total. The molecule has 1 heterocycles. The van der Waals surface area contributed by atoms with Crippen molar-refractivity contribution in [2.45, 2.75) is 103 Å². The number of amides is 2. The molecule has 192 valence electrons. The summed E-state index contributed by atoms with van der Waals surface area (Å²) in [6.45, 7) is 2.10. The molecule has 0 bridgehead atoms. The van der Waals surface area contributed by atoms with Crippen LogP contribution in [0, 0.1) is 12.8 Å². The average molecular weight is 487 g/mol. The van der Waals surface area contributed by atoms with Crippen molar-refractivity contribution in [3.8, 4) is 0 Å². The van der Waals surface area contributed by atoms with Crippen LogP contribution in [0.1, 0.15) is 101 Å². The van der Waals surface area contributed by atoms with Crippen molar-refractivity contribution in [1.82, 2.24) is 5.01 Å². The van der Waals surface area contributed by atoms with Crippen LogP contribution in [0.15, 0.2) is 47.6 Å². The highest BCUT2D eigenvalue weighted by Gasteiger charge is 2.37. The fraction of sp³-hybridized carbons (Fsp3) is 0.548. The van der Waals surface area contributed by atoms with Gasteiger partial charge < -0.3 is 5.73 Å². The number of benzene rings is 2. The van der Waals surface area contributed by atoms with Crippen molar-refractivity contribution >= 4 is 28.8 Å². The maximum absolute atomic E-state index is 14.5. The highest BCUT2D eigenvalue weighted by Crippen LogP contribution is 2.39. The van der Waals surface area contributed by atoms with Crippen LogP contribution < -0.4 is 10.6 Å². The number of hydrazone groups is 1. The van der Waals surface area contributed by atoms with E-state index in [0.717, 1.165) is 66.7 Å². The van der Waals surface area contributed by atoms with Gasteiger partial charge in [-0.1, -0.05) is 76.3 Å². The van der Waals surface area contributed by atoms with Gasteiger partial charge in [-0.25, -0.2) is 9.80 Å². The maximum Gasteiger partial charge on any atom is 0.349 e. The minimum absolute atomic E-state index is 0.0282. The van der Waals surface area contributed by atoms with Gasteiger partial charge in [0.05, 0.1) is 23.1 Å². The molecule has 2 amide bonds. The molecule has 0 spiro atoms.